The monoisotopic (exact) mass is 272 g/mol. The van der Waals surface area contributed by atoms with Crippen LogP contribution >= 0.6 is 0 Å². The predicted octanol–water partition coefficient (Wildman–Crippen LogP) is 1.76. The molecule has 1 aromatic carbocycles. The molecule has 106 valence electrons. The lowest BCUT2D eigenvalue weighted by Gasteiger charge is -2.10. The molecule has 0 radical (unpaired) electrons. The number of carbonyl (C=O) groups is 1. The highest BCUT2D eigenvalue weighted by atomic mass is 16.1. The average molecular weight is 272 g/mol. The predicted molar refractivity (Wildman–Crippen MR) is 79.5 cm³/mol. The molecule has 1 aromatic heterocycles. The topological polar surface area (TPSA) is 61.0 Å². The zero-order valence-corrected chi connectivity index (χ0v) is 11.9. The van der Waals surface area contributed by atoms with Crippen LogP contribution in [0.3, 0.4) is 0 Å². The first-order chi connectivity index (χ1) is 9.66. The van der Waals surface area contributed by atoms with Crippen LogP contribution in [-0.4, -0.2) is 48.2 Å². The summed E-state index contributed by atoms with van der Waals surface area (Å²) in [7, 11) is 4.05. The van der Waals surface area contributed by atoms with Gasteiger partial charge < -0.3 is 10.2 Å². The molecular weight excluding hydrogens is 252 g/mol. The highest BCUT2D eigenvalue weighted by Gasteiger charge is 2.05. The number of amides is 1. The highest BCUT2D eigenvalue weighted by Crippen LogP contribution is 2.17. The van der Waals surface area contributed by atoms with Gasteiger partial charge in [-0.1, -0.05) is 12.1 Å². The molecule has 20 heavy (non-hydrogen) atoms. The number of rotatable bonds is 6. The van der Waals surface area contributed by atoms with E-state index in [-0.39, 0.29) is 5.91 Å². The minimum atomic E-state index is -0.0255. The molecule has 1 amide bonds. The molecule has 0 unspecified atom stereocenters. The van der Waals surface area contributed by atoms with Crippen molar-refractivity contribution in [1.82, 2.24) is 20.4 Å². The Labute approximate surface area is 119 Å². The summed E-state index contributed by atoms with van der Waals surface area (Å²) >= 11 is 0. The van der Waals surface area contributed by atoms with E-state index >= 15 is 0 Å². The van der Waals surface area contributed by atoms with Crippen LogP contribution in [0.5, 0.6) is 0 Å². The van der Waals surface area contributed by atoms with Gasteiger partial charge >= 0.3 is 0 Å². The number of hydrogen-bond acceptors (Lipinski definition) is 3. The van der Waals surface area contributed by atoms with E-state index in [1.165, 1.54) is 0 Å². The first-order valence-corrected chi connectivity index (χ1v) is 6.69. The Balaban J connectivity index is 1.88. The number of H-pyrrole nitrogens is 1. The molecule has 0 fully saturated rings. The Hall–Kier alpha value is -2.14. The van der Waals surface area contributed by atoms with Gasteiger partial charge in [0.25, 0.3) is 5.91 Å². The molecule has 0 aliphatic rings. The third-order valence-electron chi connectivity index (χ3n) is 3.05. The fraction of sp³-hybridized carbons (Fsp3) is 0.333. The number of carbonyl (C=O) groups excluding carboxylic acids is 1. The van der Waals surface area contributed by atoms with E-state index in [1.54, 1.807) is 6.20 Å². The second-order valence-electron chi connectivity index (χ2n) is 4.98. The first-order valence-electron chi connectivity index (χ1n) is 6.69. The Bertz CT molecular complexity index is 532. The van der Waals surface area contributed by atoms with E-state index in [0.717, 1.165) is 24.1 Å². The van der Waals surface area contributed by atoms with Crippen molar-refractivity contribution in [2.45, 2.75) is 6.42 Å². The quantitative estimate of drug-likeness (QED) is 0.788. The van der Waals surface area contributed by atoms with Gasteiger partial charge in [0.1, 0.15) is 0 Å². The maximum atomic E-state index is 11.9. The normalized spacial score (nSPS) is 10.8. The van der Waals surface area contributed by atoms with E-state index in [9.17, 15) is 4.79 Å². The Morgan fingerprint density at radius 3 is 2.60 bits per heavy atom. The Morgan fingerprint density at radius 1 is 1.25 bits per heavy atom. The van der Waals surface area contributed by atoms with E-state index in [0.29, 0.717) is 12.1 Å². The third-order valence-corrected chi connectivity index (χ3v) is 3.05. The van der Waals surface area contributed by atoms with Gasteiger partial charge in [-0.25, -0.2) is 0 Å². The van der Waals surface area contributed by atoms with Gasteiger partial charge in [0.15, 0.2) is 0 Å². The molecule has 0 bridgehead atoms. The molecule has 2 aromatic rings. The minimum absolute atomic E-state index is 0.0255. The van der Waals surface area contributed by atoms with Crippen LogP contribution in [-0.2, 0) is 0 Å². The number of aromatic amines is 1. The zero-order chi connectivity index (χ0) is 14.4. The summed E-state index contributed by atoms with van der Waals surface area (Å²) in [4.78, 5) is 14.0. The van der Waals surface area contributed by atoms with E-state index in [2.05, 4.69) is 20.4 Å². The van der Waals surface area contributed by atoms with Gasteiger partial charge in [-0.05, 0) is 44.8 Å². The molecule has 2 N–H and O–H groups in total. The molecule has 0 saturated heterocycles. The van der Waals surface area contributed by atoms with E-state index in [1.807, 2.05) is 44.6 Å². The molecule has 5 nitrogen and oxygen atoms in total. The van der Waals surface area contributed by atoms with E-state index < -0.39 is 0 Å². The smallest absolute Gasteiger partial charge is 0.251 e. The molecule has 0 aliphatic carbocycles. The first kappa shape index (κ1) is 14.3. The van der Waals surface area contributed by atoms with Crippen LogP contribution < -0.4 is 5.32 Å². The summed E-state index contributed by atoms with van der Waals surface area (Å²) in [6.45, 7) is 1.67. The second kappa shape index (κ2) is 6.86. The van der Waals surface area contributed by atoms with Gasteiger partial charge in [0, 0.05) is 23.9 Å². The average Bonchev–Trinajstić information content (AvgIpc) is 2.97. The van der Waals surface area contributed by atoms with Gasteiger partial charge in [0.2, 0.25) is 0 Å². The maximum absolute atomic E-state index is 11.9. The molecule has 0 aliphatic heterocycles. The SMILES string of the molecule is CN(C)CCCNC(=O)c1ccc(-c2cn[nH]c2)cc1. The second-order valence-corrected chi connectivity index (χ2v) is 4.98. The number of aromatic nitrogens is 2. The number of nitrogens with zero attached hydrogens (tertiary/aromatic N) is 2. The van der Waals surface area contributed by atoms with Crippen molar-refractivity contribution in [3.63, 3.8) is 0 Å². The molecule has 0 spiro atoms. The standard InChI is InChI=1S/C15H20N4O/c1-19(2)9-3-8-16-15(20)13-6-4-12(5-7-13)14-10-17-18-11-14/h4-7,10-11H,3,8-9H2,1-2H3,(H,16,20)(H,17,18). The lowest BCUT2D eigenvalue weighted by molar-refractivity contribution is 0.0952. The maximum Gasteiger partial charge on any atom is 0.251 e. The number of hydrogen-bond donors (Lipinski definition) is 2. The van der Waals surface area contributed by atoms with Crippen molar-refractivity contribution in [3.8, 4) is 11.1 Å². The molecule has 0 saturated carbocycles. The van der Waals surface area contributed by atoms with Crippen molar-refractivity contribution >= 4 is 5.91 Å². The zero-order valence-electron chi connectivity index (χ0n) is 11.9. The highest BCUT2D eigenvalue weighted by molar-refractivity contribution is 5.94. The van der Waals surface area contributed by atoms with Crippen molar-refractivity contribution in [3.05, 3.63) is 42.2 Å². The molecule has 0 atom stereocenters. The Kier molecular flexibility index (Phi) is 4.90. The Morgan fingerprint density at radius 2 is 2.00 bits per heavy atom. The fourth-order valence-corrected chi connectivity index (χ4v) is 1.92. The van der Waals surface area contributed by atoms with Crippen molar-refractivity contribution in [2.24, 2.45) is 0 Å². The lowest BCUT2D eigenvalue weighted by Crippen LogP contribution is -2.27. The van der Waals surface area contributed by atoms with Crippen LogP contribution in [0.4, 0.5) is 0 Å². The summed E-state index contributed by atoms with van der Waals surface area (Å²) in [5.41, 5.74) is 2.74. The molecule has 5 heteroatoms. The number of benzene rings is 1. The fourth-order valence-electron chi connectivity index (χ4n) is 1.92. The molecular formula is C15H20N4O. The summed E-state index contributed by atoms with van der Waals surface area (Å²) in [5.74, 6) is -0.0255. The third kappa shape index (κ3) is 3.93. The van der Waals surface area contributed by atoms with Crippen LogP contribution in [0.25, 0.3) is 11.1 Å². The summed E-state index contributed by atoms with van der Waals surface area (Å²) in [5, 5.41) is 9.61. The van der Waals surface area contributed by atoms with Crippen LogP contribution in [0, 0.1) is 0 Å². The van der Waals surface area contributed by atoms with Crippen molar-refractivity contribution in [1.29, 1.82) is 0 Å². The summed E-state index contributed by atoms with van der Waals surface area (Å²) in [6.07, 6.45) is 4.54. The van der Waals surface area contributed by atoms with E-state index in [4.69, 9.17) is 0 Å². The van der Waals surface area contributed by atoms with Crippen LogP contribution in [0.1, 0.15) is 16.8 Å². The van der Waals surface area contributed by atoms with Gasteiger partial charge in [-0.3, -0.25) is 9.89 Å². The van der Waals surface area contributed by atoms with Crippen molar-refractivity contribution in [2.75, 3.05) is 27.2 Å². The van der Waals surface area contributed by atoms with Gasteiger partial charge in [-0.15, -0.1) is 0 Å². The van der Waals surface area contributed by atoms with Crippen molar-refractivity contribution < 1.29 is 4.79 Å². The summed E-state index contributed by atoms with van der Waals surface area (Å²) in [6, 6.07) is 7.53. The number of nitrogens with one attached hydrogen (secondary N) is 2. The van der Waals surface area contributed by atoms with Crippen LogP contribution in [0.15, 0.2) is 36.7 Å². The molecule has 2 rings (SSSR count). The molecule has 1 heterocycles. The van der Waals surface area contributed by atoms with Gasteiger partial charge in [-0.2, -0.15) is 5.10 Å². The van der Waals surface area contributed by atoms with Crippen LogP contribution in [0.2, 0.25) is 0 Å². The minimum Gasteiger partial charge on any atom is -0.352 e. The largest absolute Gasteiger partial charge is 0.352 e. The summed E-state index contributed by atoms with van der Waals surface area (Å²) < 4.78 is 0. The van der Waals surface area contributed by atoms with Gasteiger partial charge in [0.05, 0.1) is 6.20 Å². The lowest BCUT2D eigenvalue weighted by atomic mass is 10.1.